The SMILES string of the molecule is CC(Nc1cc2c(cc1Cl)NC(=O)C2)c1ccccn1. The molecule has 2 aromatic rings. The predicted molar refractivity (Wildman–Crippen MR) is 80.1 cm³/mol. The second-order valence-corrected chi connectivity index (χ2v) is 5.24. The van der Waals surface area contributed by atoms with Crippen molar-refractivity contribution in [2.45, 2.75) is 19.4 Å². The summed E-state index contributed by atoms with van der Waals surface area (Å²) in [5.74, 6) is 0.00555. The average molecular weight is 288 g/mol. The Morgan fingerprint density at radius 3 is 3.00 bits per heavy atom. The van der Waals surface area contributed by atoms with Gasteiger partial charge in [0.1, 0.15) is 0 Å². The lowest BCUT2D eigenvalue weighted by molar-refractivity contribution is -0.115. The van der Waals surface area contributed by atoms with Crippen LogP contribution in [0.5, 0.6) is 0 Å². The summed E-state index contributed by atoms with van der Waals surface area (Å²) in [6.07, 6.45) is 2.17. The zero-order valence-corrected chi connectivity index (χ0v) is 11.7. The first-order chi connectivity index (χ1) is 9.63. The molecule has 4 nitrogen and oxygen atoms in total. The smallest absolute Gasteiger partial charge is 0.228 e. The zero-order chi connectivity index (χ0) is 14.1. The summed E-state index contributed by atoms with van der Waals surface area (Å²) in [4.78, 5) is 15.7. The molecule has 102 valence electrons. The summed E-state index contributed by atoms with van der Waals surface area (Å²) in [7, 11) is 0. The molecule has 0 saturated heterocycles. The Bertz CT molecular complexity index is 658. The quantitative estimate of drug-likeness (QED) is 0.910. The van der Waals surface area contributed by atoms with Crippen LogP contribution < -0.4 is 10.6 Å². The number of nitrogens with one attached hydrogen (secondary N) is 2. The van der Waals surface area contributed by atoms with Crippen molar-refractivity contribution in [1.29, 1.82) is 0 Å². The monoisotopic (exact) mass is 287 g/mol. The molecule has 0 bridgehead atoms. The van der Waals surface area contributed by atoms with Crippen LogP contribution in [-0.4, -0.2) is 10.9 Å². The third kappa shape index (κ3) is 2.47. The molecule has 1 aromatic heterocycles. The summed E-state index contributed by atoms with van der Waals surface area (Å²) in [5, 5.41) is 6.72. The number of carbonyl (C=O) groups is 1. The highest BCUT2D eigenvalue weighted by Gasteiger charge is 2.20. The van der Waals surface area contributed by atoms with Gasteiger partial charge >= 0.3 is 0 Å². The number of pyridine rings is 1. The van der Waals surface area contributed by atoms with Crippen molar-refractivity contribution in [3.05, 3.63) is 52.8 Å². The van der Waals surface area contributed by atoms with E-state index >= 15 is 0 Å². The largest absolute Gasteiger partial charge is 0.376 e. The molecule has 2 heterocycles. The van der Waals surface area contributed by atoms with E-state index in [9.17, 15) is 4.79 Å². The standard InChI is InChI=1S/C15H14ClN3O/c1-9(12-4-2-3-5-17-12)18-14-6-10-7-15(20)19-13(10)8-11(14)16/h2-6,8-9,18H,7H2,1H3,(H,19,20). The van der Waals surface area contributed by atoms with Gasteiger partial charge in [-0.15, -0.1) is 0 Å². The molecule has 3 rings (SSSR count). The van der Waals surface area contributed by atoms with E-state index in [1.165, 1.54) is 0 Å². The third-order valence-electron chi connectivity index (χ3n) is 3.32. The van der Waals surface area contributed by atoms with Gasteiger partial charge in [0.15, 0.2) is 0 Å². The van der Waals surface area contributed by atoms with Gasteiger partial charge in [-0.1, -0.05) is 17.7 Å². The molecule has 1 unspecified atom stereocenters. The highest BCUT2D eigenvalue weighted by atomic mass is 35.5. The number of benzene rings is 1. The van der Waals surface area contributed by atoms with Crippen LogP contribution in [0.1, 0.15) is 24.2 Å². The van der Waals surface area contributed by atoms with Gasteiger partial charge < -0.3 is 10.6 Å². The molecular formula is C15H14ClN3O. The van der Waals surface area contributed by atoms with Crippen molar-refractivity contribution < 1.29 is 4.79 Å². The van der Waals surface area contributed by atoms with Gasteiger partial charge in [-0.3, -0.25) is 9.78 Å². The van der Waals surface area contributed by atoms with E-state index in [4.69, 9.17) is 11.6 Å². The highest BCUT2D eigenvalue weighted by Crippen LogP contribution is 2.34. The third-order valence-corrected chi connectivity index (χ3v) is 3.63. The molecule has 0 saturated carbocycles. The lowest BCUT2D eigenvalue weighted by atomic mass is 10.1. The van der Waals surface area contributed by atoms with Gasteiger partial charge in [-0.05, 0) is 36.8 Å². The van der Waals surface area contributed by atoms with Crippen molar-refractivity contribution >= 4 is 28.9 Å². The summed E-state index contributed by atoms with van der Waals surface area (Å²) >= 11 is 6.25. The molecule has 1 aliphatic rings. The lowest BCUT2D eigenvalue weighted by Crippen LogP contribution is -2.08. The van der Waals surface area contributed by atoms with Crippen molar-refractivity contribution in [3.63, 3.8) is 0 Å². The number of aromatic nitrogens is 1. The van der Waals surface area contributed by atoms with E-state index in [1.807, 2.05) is 31.2 Å². The minimum absolute atomic E-state index is 0.00555. The molecule has 5 heteroatoms. The van der Waals surface area contributed by atoms with Crippen LogP contribution in [0.4, 0.5) is 11.4 Å². The number of rotatable bonds is 3. The molecule has 20 heavy (non-hydrogen) atoms. The number of amides is 1. The van der Waals surface area contributed by atoms with Gasteiger partial charge in [0.2, 0.25) is 5.91 Å². The number of anilines is 2. The van der Waals surface area contributed by atoms with E-state index in [-0.39, 0.29) is 11.9 Å². The highest BCUT2D eigenvalue weighted by molar-refractivity contribution is 6.33. The molecule has 1 aliphatic heterocycles. The van der Waals surface area contributed by atoms with E-state index in [0.29, 0.717) is 11.4 Å². The van der Waals surface area contributed by atoms with Crippen LogP contribution in [0.15, 0.2) is 36.5 Å². The summed E-state index contributed by atoms with van der Waals surface area (Å²) in [6.45, 7) is 2.02. The minimum atomic E-state index is 0.00555. The van der Waals surface area contributed by atoms with Gasteiger partial charge in [0, 0.05) is 11.9 Å². The lowest BCUT2D eigenvalue weighted by Gasteiger charge is -2.16. The summed E-state index contributed by atoms with van der Waals surface area (Å²) < 4.78 is 0. The van der Waals surface area contributed by atoms with Crippen molar-refractivity contribution in [2.24, 2.45) is 0 Å². The fourth-order valence-electron chi connectivity index (χ4n) is 2.30. The van der Waals surface area contributed by atoms with Crippen LogP contribution in [0, 0.1) is 0 Å². The van der Waals surface area contributed by atoms with Crippen molar-refractivity contribution in [3.8, 4) is 0 Å². The molecule has 0 aliphatic carbocycles. The van der Waals surface area contributed by atoms with E-state index < -0.39 is 0 Å². The second kappa shape index (κ2) is 5.13. The topological polar surface area (TPSA) is 54.0 Å². The Morgan fingerprint density at radius 1 is 1.40 bits per heavy atom. The number of carbonyl (C=O) groups excluding carboxylic acids is 1. The minimum Gasteiger partial charge on any atom is -0.376 e. The van der Waals surface area contributed by atoms with Crippen molar-refractivity contribution in [2.75, 3.05) is 10.6 Å². The number of hydrogen-bond donors (Lipinski definition) is 2. The predicted octanol–water partition coefficient (Wildman–Crippen LogP) is 3.40. The number of halogens is 1. The first-order valence-electron chi connectivity index (χ1n) is 6.43. The molecule has 2 N–H and O–H groups in total. The Labute approximate surface area is 122 Å². The molecule has 1 amide bonds. The van der Waals surface area contributed by atoms with Crippen LogP contribution >= 0.6 is 11.6 Å². The molecular weight excluding hydrogens is 274 g/mol. The fourth-order valence-corrected chi connectivity index (χ4v) is 2.52. The summed E-state index contributed by atoms with van der Waals surface area (Å²) in [6, 6.07) is 9.55. The Balaban J connectivity index is 1.85. The molecule has 1 aromatic carbocycles. The second-order valence-electron chi connectivity index (χ2n) is 4.83. The van der Waals surface area contributed by atoms with Gasteiger partial charge in [0.05, 0.1) is 28.9 Å². The Morgan fingerprint density at radius 2 is 2.25 bits per heavy atom. The molecule has 0 radical (unpaired) electrons. The van der Waals surface area contributed by atoms with E-state index in [0.717, 1.165) is 22.6 Å². The fraction of sp³-hybridized carbons (Fsp3) is 0.200. The molecule has 0 spiro atoms. The molecule has 0 fully saturated rings. The Hall–Kier alpha value is -2.07. The summed E-state index contributed by atoms with van der Waals surface area (Å²) in [5.41, 5.74) is 3.53. The first kappa shape index (κ1) is 12.9. The maximum absolute atomic E-state index is 11.4. The number of hydrogen-bond acceptors (Lipinski definition) is 3. The van der Waals surface area contributed by atoms with E-state index in [1.54, 1.807) is 12.3 Å². The van der Waals surface area contributed by atoms with Gasteiger partial charge in [-0.25, -0.2) is 0 Å². The van der Waals surface area contributed by atoms with E-state index in [2.05, 4.69) is 15.6 Å². The van der Waals surface area contributed by atoms with Crippen LogP contribution in [0.2, 0.25) is 5.02 Å². The van der Waals surface area contributed by atoms with Gasteiger partial charge in [0.25, 0.3) is 0 Å². The normalized spacial score (nSPS) is 14.6. The first-order valence-corrected chi connectivity index (χ1v) is 6.81. The Kier molecular flexibility index (Phi) is 3.32. The maximum Gasteiger partial charge on any atom is 0.228 e. The molecule has 1 atom stereocenters. The zero-order valence-electron chi connectivity index (χ0n) is 11.0. The van der Waals surface area contributed by atoms with Gasteiger partial charge in [-0.2, -0.15) is 0 Å². The number of nitrogens with zero attached hydrogens (tertiary/aromatic N) is 1. The van der Waals surface area contributed by atoms with Crippen LogP contribution in [0.3, 0.4) is 0 Å². The van der Waals surface area contributed by atoms with Crippen LogP contribution in [-0.2, 0) is 11.2 Å². The maximum atomic E-state index is 11.4. The average Bonchev–Trinajstić information content (AvgIpc) is 2.79. The van der Waals surface area contributed by atoms with Crippen molar-refractivity contribution in [1.82, 2.24) is 4.98 Å². The van der Waals surface area contributed by atoms with Crippen LogP contribution in [0.25, 0.3) is 0 Å². The number of fused-ring (bicyclic) bond motifs is 1.